The number of phenolic OH excluding ortho intramolecular Hbond substituents is 1. The van der Waals surface area contributed by atoms with E-state index in [-0.39, 0.29) is 29.4 Å². The number of rotatable bonds is 9. The number of phenols is 1. The fraction of sp³-hybridized carbons (Fsp3) is 0.185. The Kier molecular flexibility index (Phi) is 6.91. The number of benzene rings is 2. The third-order valence-corrected chi connectivity index (χ3v) is 5.54. The fourth-order valence-corrected chi connectivity index (χ4v) is 3.95. The van der Waals surface area contributed by atoms with Crippen molar-refractivity contribution in [3.8, 4) is 17.2 Å². The molecule has 8 heteroatoms. The predicted molar refractivity (Wildman–Crippen MR) is 128 cm³/mol. The molecule has 2 heterocycles. The van der Waals surface area contributed by atoms with Gasteiger partial charge in [-0.05, 0) is 61.0 Å². The maximum absolute atomic E-state index is 13.2. The van der Waals surface area contributed by atoms with Crippen molar-refractivity contribution in [2.45, 2.75) is 19.5 Å². The zero-order valence-electron chi connectivity index (χ0n) is 19.1. The number of aliphatic hydroxyl groups excluding tert-OH is 1. The molecule has 3 aromatic rings. The van der Waals surface area contributed by atoms with Gasteiger partial charge < -0.3 is 29.0 Å². The minimum atomic E-state index is -0.934. The number of ketones is 1. The van der Waals surface area contributed by atoms with Crippen LogP contribution in [0.4, 0.5) is 0 Å². The molecule has 1 atom stereocenters. The normalized spacial score (nSPS) is 16.9. The van der Waals surface area contributed by atoms with E-state index >= 15 is 0 Å². The fourth-order valence-electron chi connectivity index (χ4n) is 3.95. The van der Waals surface area contributed by atoms with Crippen LogP contribution in [0.1, 0.15) is 29.9 Å². The Balaban J connectivity index is 1.82. The highest BCUT2D eigenvalue weighted by atomic mass is 16.5. The van der Waals surface area contributed by atoms with Gasteiger partial charge in [-0.1, -0.05) is 18.7 Å². The molecule has 2 N–H and O–H groups in total. The van der Waals surface area contributed by atoms with E-state index in [2.05, 4.69) is 6.58 Å². The molecule has 1 amide bonds. The number of carbonyl (C=O) groups excluding carboxylic acids is 2. The van der Waals surface area contributed by atoms with Crippen LogP contribution in [-0.2, 0) is 16.1 Å². The van der Waals surface area contributed by atoms with Crippen molar-refractivity contribution >= 4 is 17.4 Å². The van der Waals surface area contributed by atoms with Gasteiger partial charge in [-0.3, -0.25) is 9.59 Å². The number of hydrogen-bond acceptors (Lipinski definition) is 7. The molecule has 4 rings (SSSR count). The second-order valence-corrected chi connectivity index (χ2v) is 7.79. The second-order valence-electron chi connectivity index (χ2n) is 7.79. The van der Waals surface area contributed by atoms with Crippen molar-refractivity contribution in [3.63, 3.8) is 0 Å². The van der Waals surface area contributed by atoms with Crippen LogP contribution in [0.5, 0.6) is 17.2 Å². The zero-order valence-corrected chi connectivity index (χ0v) is 19.1. The molecular formula is C27H25NO7. The van der Waals surface area contributed by atoms with Crippen molar-refractivity contribution in [3.05, 3.63) is 96.0 Å². The van der Waals surface area contributed by atoms with Gasteiger partial charge in [-0.25, -0.2) is 0 Å². The van der Waals surface area contributed by atoms with Gasteiger partial charge >= 0.3 is 0 Å². The van der Waals surface area contributed by atoms with Crippen LogP contribution in [0.2, 0.25) is 0 Å². The van der Waals surface area contributed by atoms with Crippen molar-refractivity contribution in [1.29, 1.82) is 0 Å². The molecule has 1 fully saturated rings. The van der Waals surface area contributed by atoms with E-state index < -0.39 is 17.7 Å². The van der Waals surface area contributed by atoms with Gasteiger partial charge in [-0.2, -0.15) is 0 Å². The number of hydrogen-bond donors (Lipinski definition) is 2. The van der Waals surface area contributed by atoms with E-state index in [1.165, 1.54) is 17.2 Å². The van der Waals surface area contributed by atoms with Gasteiger partial charge in [0.1, 0.15) is 23.9 Å². The summed E-state index contributed by atoms with van der Waals surface area (Å²) in [5, 5.41) is 21.4. The highest BCUT2D eigenvalue weighted by molar-refractivity contribution is 6.46. The molecule has 0 saturated carbocycles. The highest BCUT2D eigenvalue weighted by Gasteiger charge is 2.46. The highest BCUT2D eigenvalue weighted by Crippen LogP contribution is 2.42. The lowest BCUT2D eigenvalue weighted by Crippen LogP contribution is -2.29. The lowest BCUT2D eigenvalue weighted by molar-refractivity contribution is -0.140. The average Bonchev–Trinajstić information content (AvgIpc) is 3.47. The number of Topliss-reactive ketones (excluding diaryl/α,β-unsaturated/α-hetero) is 1. The van der Waals surface area contributed by atoms with E-state index in [0.29, 0.717) is 35.9 Å². The first-order valence-corrected chi connectivity index (χ1v) is 11.0. The molecule has 1 unspecified atom stereocenters. The molecule has 35 heavy (non-hydrogen) atoms. The lowest BCUT2D eigenvalue weighted by atomic mass is 9.95. The summed E-state index contributed by atoms with van der Waals surface area (Å²) in [7, 11) is 0. The number of nitrogens with zero attached hydrogens (tertiary/aromatic N) is 1. The molecule has 0 radical (unpaired) electrons. The van der Waals surface area contributed by atoms with Crippen LogP contribution in [0.3, 0.4) is 0 Å². The minimum Gasteiger partial charge on any atom is -0.507 e. The molecule has 1 aliphatic heterocycles. The van der Waals surface area contributed by atoms with Gasteiger partial charge in [0.25, 0.3) is 11.7 Å². The average molecular weight is 475 g/mol. The molecule has 8 nitrogen and oxygen atoms in total. The van der Waals surface area contributed by atoms with E-state index in [4.69, 9.17) is 13.9 Å². The maximum atomic E-state index is 13.2. The van der Waals surface area contributed by atoms with Gasteiger partial charge in [-0.15, -0.1) is 0 Å². The summed E-state index contributed by atoms with van der Waals surface area (Å²) < 4.78 is 16.4. The van der Waals surface area contributed by atoms with Crippen molar-refractivity contribution < 1.29 is 33.7 Å². The second kappa shape index (κ2) is 10.2. The monoisotopic (exact) mass is 475 g/mol. The molecule has 1 saturated heterocycles. The number of aliphatic hydroxyl groups is 1. The first kappa shape index (κ1) is 23.7. The topological polar surface area (TPSA) is 109 Å². The largest absolute Gasteiger partial charge is 0.507 e. The summed E-state index contributed by atoms with van der Waals surface area (Å²) >= 11 is 0. The first-order chi connectivity index (χ1) is 16.9. The summed E-state index contributed by atoms with van der Waals surface area (Å²) in [5.41, 5.74) is 0.764. The maximum Gasteiger partial charge on any atom is 0.296 e. The Bertz CT molecular complexity index is 1260. The Morgan fingerprint density at radius 2 is 1.91 bits per heavy atom. The SMILES string of the molecule is C=CCOc1ccc(C(O)=C2C(=O)C(=O)N(Cc3ccco3)C2c2ccc(O)c(OCC)c2)cc1. The van der Waals surface area contributed by atoms with E-state index in [0.717, 1.165) is 0 Å². The summed E-state index contributed by atoms with van der Waals surface area (Å²) in [6.45, 7) is 6.03. The van der Waals surface area contributed by atoms with Crippen LogP contribution in [0.15, 0.2) is 83.5 Å². The van der Waals surface area contributed by atoms with Gasteiger partial charge in [0.15, 0.2) is 11.5 Å². The van der Waals surface area contributed by atoms with Crippen molar-refractivity contribution in [2.24, 2.45) is 0 Å². The van der Waals surface area contributed by atoms with E-state index in [1.54, 1.807) is 61.5 Å². The number of ether oxygens (including phenoxy) is 2. The Morgan fingerprint density at radius 1 is 1.14 bits per heavy atom. The van der Waals surface area contributed by atoms with Crippen LogP contribution < -0.4 is 9.47 Å². The van der Waals surface area contributed by atoms with Crippen molar-refractivity contribution in [2.75, 3.05) is 13.2 Å². The molecule has 0 aliphatic carbocycles. The molecule has 1 aromatic heterocycles. The van der Waals surface area contributed by atoms with Gasteiger partial charge in [0, 0.05) is 5.56 Å². The van der Waals surface area contributed by atoms with Crippen LogP contribution >= 0.6 is 0 Å². The first-order valence-electron chi connectivity index (χ1n) is 11.0. The number of furan rings is 1. The van der Waals surface area contributed by atoms with Gasteiger partial charge in [0.2, 0.25) is 0 Å². The molecular weight excluding hydrogens is 450 g/mol. The Hall–Kier alpha value is -4.46. The standard InChI is InChI=1S/C27H25NO7/c1-3-13-34-19-10-7-17(8-11-19)25(30)23-24(18-9-12-21(29)22(15-18)33-4-2)28(27(32)26(23)31)16-20-6-5-14-35-20/h3,5-12,14-15,24,29-30H,1,4,13,16H2,2H3. The summed E-state index contributed by atoms with van der Waals surface area (Å²) in [6, 6.07) is 13.5. The van der Waals surface area contributed by atoms with Crippen molar-refractivity contribution in [1.82, 2.24) is 4.90 Å². The Morgan fingerprint density at radius 3 is 2.57 bits per heavy atom. The third kappa shape index (κ3) is 4.77. The summed E-state index contributed by atoms with van der Waals surface area (Å²) in [5.74, 6) is -0.745. The predicted octanol–water partition coefficient (Wildman–Crippen LogP) is 4.57. The minimum absolute atomic E-state index is 0.0121. The summed E-state index contributed by atoms with van der Waals surface area (Å²) in [4.78, 5) is 27.6. The molecule has 180 valence electrons. The van der Waals surface area contributed by atoms with Crippen LogP contribution in [0.25, 0.3) is 5.76 Å². The number of amides is 1. The van der Waals surface area contributed by atoms with E-state index in [9.17, 15) is 19.8 Å². The number of carbonyl (C=O) groups is 2. The van der Waals surface area contributed by atoms with E-state index in [1.807, 2.05) is 0 Å². The van der Waals surface area contributed by atoms with Crippen LogP contribution in [-0.4, -0.2) is 40.0 Å². The van der Waals surface area contributed by atoms with Gasteiger partial charge in [0.05, 0.1) is 31.0 Å². The smallest absolute Gasteiger partial charge is 0.296 e. The Labute approximate surface area is 202 Å². The molecule has 2 aromatic carbocycles. The quantitative estimate of drug-likeness (QED) is 0.202. The number of aromatic hydroxyl groups is 1. The number of likely N-dealkylation sites (tertiary alicyclic amines) is 1. The zero-order chi connectivity index (χ0) is 24.9. The summed E-state index contributed by atoms with van der Waals surface area (Å²) in [6.07, 6.45) is 3.09. The molecule has 0 bridgehead atoms. The van der Waals surface area contributed by atoms with Crippen LogP contribution in [0, 0.1) is 0 Å². The third-order valence-electron chi connectivity index (χ3n) is 5.54. The lowest BCUT2D eigenvalue weighted by Gasteiger charge is -2.25. The molecule has 0 spiro atoms. The molecule has 1 aliphatic rings.